The highest BCUT2D eigenvalue weighted by atomic mass is 14.9. The van der Waals surface area contributed by atoms with Crippen LogP contribution in [0.5, 0.6) is 0 Å². The Labute approximate surface area is 95.0 Å². The topological polar surface area (TPSA) is 12.0 Å². The van der Waals surface area contributed by atoms with E-state index in [1.54, 1.807) is 0 Å². The van der Waals surface area contributed by atoms with Gasteiger partial charge in [0.05, 0.1) is 0 Å². The zero-order chi connectivity index (χ0) is 10.9. The molecule has 0 bridgehead atoms. The molecule has 2 fully saturated rings. The van der Waals surface area contributed by atoms with Gasteiger partial charge in [0.2, 0.25) is 0 Å². The van der Waals surface area contributed by atoms with Crippen molar-refractivity contribution in [1.29, 1.82) is 0 Å². The van der Waals surface area contributed by atoms with Gasteiger partial charge in [-0.25, -0.2) is 0 Å². The van der Waals surface area contributed by atoms with E-state index < -0.39 is 0 Å². The van der Waals surface area contributed by atoms with Crippen LogP contribution in [0.1, 0.15) is 59.3 Å². The van der Waals surface area contributed by atoms with Crippen molar-refractivity contribution in [2.45, 2.75) is 59.3 Å². The lowest BCUT2D eigenvalue weighted by Crippen LogP contribution is -2.27. The fraction of sp³-hybridized carbons (Fsp3) is 1.00. The molecule has 0 saturated heterocycles. The van der Waals surface area contributed by atoms with Crippen LogP contribution in [0, 0.1) is 16.7 Å². The van der Waals surface area contributed by atoms with Gasteiger partial charge < -0.3 is 5.32 Å². The van der Waals surface area contributed by atoms with E-state index in [4.69, 9.17) is 0 Å². The maximum Gasteiger partial charge on any atom is -0.00150 e. The Bertz CT molecular complexity index is 221. The van der Waals surface area contributed by atoms with Crippen LogP contribution in [0.4, 0.5) is 0 Å². The molecule has 1 N–H and O–H groups in total. The third-order valence-corrected chi connectivity index (χ3v) is 4.54. The van der Waals surface area contributed by atoms with Gasteiger partial charge in [-0.15, -0.1) is 0 Å². The normalized spacial score (nSPS) is 38.2. The Hall–Kier alpha value is -0.0400. The van der Waals surface area contributed by atoms with E-state index >= 15 is 0 Å². The summed E-state index contributed by atoms with van der Waals surface area (Å²) in [7, 11) is 0. The second-order valence-corrected chi connectivity index (χ2v) is 6.66. The van der Waals surface area contributed by atoms with Crippen LogP contribution < -0.4 is 5.32 Å². The smallest absolute Gasteiger partial charge is 0.00150 e. The third kappa shape index (κ3) is 2.55. The average molecular weight is 209 g/mol. The molecule has 0 heterocycles. The minimum Gasteiger partial charge on any atom is -0.316 e. The summed E-state index contributed by atoms with van der Waals surface area (Å²) >= 11 is 0. The van der Waals surface area contributed by atoms with E-state index in [0.717, 1.165) is 11.3 Å². The molecule has 2 unspecified atom stereocenters. The van der Waals surface area contributed by atoms with Gasteiger partial charge in [0.25, 0.3) is 0 Å². The molecule has 2 aliphatic rings. The molecule has 0 amide bonds. The zero-order valence-corrected chi connectivity index (χ0v) is 10.7. The van der Waals surface area contributed by atoms with Crippen molar-refractivity contribution < 1.29 is 0 Å². The maximum atomic E-state index is 3.60. The summed E-state index contributed by atoms with van der Waals surface area (Å²) in [6.07, 6.45) is 8.69. The molecule has 1 spiro atoms. The number of rotatable bonds is 4. The molecule has 0 aliphatic heterocycles. The van der Waals surface area contributed by atoms with Crippen molar-refractivity contribution in [1.82, 2.24) is 5.32 Å². The van der Waals surface area contributed by atoms with Crippen molar-refractivity contribution in [2.75, 3.05) is 13.1 Å². The Balaban J connectivity index is 1.79. The zero-order valence-electron chi connectivity index (χ0n) is 10.7. The molecule has 2 saturated carbocycles. The second-order valence-electron chi connectivity index (χ2n) is 6.66. The van der Waals surface area contributed by atoms with E-state index in [-0.39, 0.29) is 0 Å². The molecule has 1 nitrogen and oxygen atoms in total. The molecule has 0 aromatic heterocycles. The molecule has 0 aromatic carbocycles. The first-order chi connectivity index (χ1) is 7.08. The molecular weight excluding hydrogens is 182 g/mol. The standard InChI is InChI=1S/C14H27N/c1-4-8-15-10-12-9-14(12)7-5-6-13(2,3)11-14/h12,15H,4-11H2,1-3H3. The summed E-state index contributed by atoms with van der Waals surface area (Å²) in [5.41, 5.74) is 1.39. The van der Waals surface area contributed by atoms with Gasteiger partial charge >= 0.3 is 0 Å². The molecule has 88 valence electrons. The molecule has 0 aromatic rings. The van der Waals surface area contributed by atoms with Crippen molar-refractivity contribution in [3.8, 4) is 0 Å². The van der Waals surface area contributed by atoms with Crippen LogP contribution >= 0.6 is 0 Å². The molecule has 15 heavy (non-hydrogen) atoms. The van der Waals surface area contributed by atoms with Gasteiger partial charge in [0.15, 0.2) is 0 Å². The summed E-state index contributed by atoms with van der Waals surface area (Å²) in [6.45, 7) is 9.66. The van der Waals surface area contributed by atoms with Crippen molar-refractivity contribution >= 4 is 0 Å². The van der Waals surface area contributed by atoms with E-state index in [9.17, 15) is 0 Å². The fourth-order valence-electron chi connectivity index (χ4n) is 3.75. The lowest BCUT2D eigenvalue weighted by atomic mass is 9.69. The molecule has 0 radical (unpaired) electrons. The Kier molecular flexibility index (Phi) is 3.12. The molecular formula is C14H27N. The van der Waals surface area contributed by atoms with E-state index in [1.807, 2.05) is 0 Å². The first-order valence-electron chi connectivity index (χ1n) is 6.79. The first-order valence-corrected chi connectivity index (χ1v) is 6.79. The third-order valence-electron chi connectivity index (χ3n) is 4.54. The highest BCUT2D eigenvalue weighted by Crippen LogP contribution is 2.64. The molecule has 2 rings (SSSR count). The second kappa shape index (κ2) is 4.08. The summed E-state index contributed by atoms with van der Waals surface area (Å²) in [5.74, 6) is 1.00. The van der Waals surface area contributed by atoms with Crippen LogP contribution in [0.15, 0.2) is 0 Å². The monoisotopic (exact) mass is 209 g/mol. The van der Waals surface area contributed by atoms with Gasteiger partial charge in [0, 0.05) is 0 Å². The predicted octanol–water partition coefficient (Wildman–Crippen LogP) is 3.59. The van der Waals surface area contributed by atoms with Gasteiger partial charge in [-0.05, 0) is 61.9 Å². The van der Waals surface area contributed by atoms with Gasteiger partial charge in [-0.1, -0.05) is 27.2 Å². The Morgan fingerprint density at radius 3 is 2.73 bits per heavy atom. The van der Waals surface area contributed by atoms with Crippen LogP contribution in [0.25, 0.3) is 0 Å². The van der Waals surface area contributed by atoms with Crippen molar-refractivity contribution in [3.05, 3.63) is 0 Å². The van der Waals surface area contributed by atoms with E-state index in [1.165, 1.54) is 51.6 Å². The lowest BCUT2D eigenvalue weighted by Gasteiger charge is -2.36. The number of hydrogen-bond acceptors (Lipinski definition) is 1. The van der Waals surface area contributed by atoms with Crippen molar-refractivity contribution in [2.24, 2.45) is 16.7 Å². The van der Waals surface area contributed by atoms with Gasteiger partial charge in [0.1, 0.15) is 0 Å². The van der Waals surface area contributed by atoms with Crippen molar-refractivity contribution in [3.63, 3.8) is 0 Å². The summed E-state index contributed by atoms with van der Waals surface area (Å²) < 4.78 is 0. The lowest BCUT2D eigenvalue weighted by molar-refractivity contribution is 0.152. The summed E-state index contributed by atoms with van der Waals surface area (Å²) in [4.78, 5) is 0. The highest BCUT2D eigenvalue weighted by Gasteiger charge is 2.56. The van der Waals surface area contributed by atoms with Crippen LogP contribution in [-0.2, 0) is 0 Å². The van der Waals surface area contributed by atoms with E-state index in [0.29, 0.717) is 5.41 Å². The number of hydrogen-bond donors (Lipinski definition) is 1. The molecule has 2 atom stereocenters. The number of nitrogens with one attached hydrogen (secondary N) is 1. The molecule has 1 heteroatoms. The summed E-state index contributed by atoms with van der Waals surface area (Å²) in [5, 5.41) is 3.60. The maximum absolute atomic E-state index is 3.60. The minimum atomic E-state index is 0.623. The predicted molar refractivity (Wildman–Crippen MR) is 65.9 cm³/mol. The largest absolute Gasteiger partial charge is 0.316 e. The Morgan fingerprint density at radius 1 is 1.27 bits per heavy atom. The van der Waals surface area contributed by atoms with E-state index in [2.05, 4.69) is 26.1 Å². The average Bonchev–Trinajstić information content (AvgIpc) is 2.76. The highest BCUT2D eigenvalue weighted by molar-refractivity contribution is 5.07. The summed E-state index contributed by atoms with van der Waals surface area (Å²) in [6, 6.07) is 0. The first kappa shape index (κ1) is 11.4. The minimum absolute atomic E-state index is 0.623. The quantitative estimate of drug-likeness (QED) is 0.698. The van der Waals surface area contributed by atoms with Gasteiger partial charge in [-0.2, -0.15) is 0 Å². The SMILES string of the molecule is CCCNCC1CC12CCCC(C)(C)C2. The van der Waals surface area contributed by atoms with Crippen LogP contribution in [-0.4, -0.2) is 13.1 Å². The fourth-order valence-corrected chi connectivity index (χ4v) is 3.75. The van der Waals surface area contributed by atoms with Gasteiger partial charge in [-0.3, -0.25) is 0 Å². The van der Waals surface area contributed by atoms with Crippen LogP contribution in [0.2, 0.25) is 0 Å². The molecule has 2 aliphatic carbocycles. The Morgan fingerprint density at radius 2 is 2.07 bits per heavy atom. The van der Waals surface area contributed by atoms with Crippen LogP contribution in [0.3, 0.4) is 0 Å².